The van der Waals surface area contributed by atoms with Crippen LogP contribution in [0.2, 0.25) is 0 Å². The van der Waals surface area contributed by atoms with Gasteiger partial charge in [0, 0.05) is 30.6 Å². The molecule has 1 amide bonds. The van der Waals surface area contributed by atoms with Crippen molar-refractivity contribution in [3.05, 3.63) is 59.7 Å². The molecule has 25 heavy (non-hydrogen) atoms. The summed E-state index contributed by atoms with van der Waals surface area (Å²) in [5.74, 6) is -1.92. The van der Waals surface area contributed by atoms with Crippen molar-refractivity contribution in [2.24, 2.45) is 11.7 Å². The largest absolute Gasteiger partial charge is 0.341 e. The normalized spacial score (nSPS) is 24.9. The van der Waals surface area contributed by atoms with Gasteiger partial charge in [-0.15, -0.1) is 0 Å². The summed E-state index contributed by atoms with van der Waals surface area (Å²) in [7, 11) is 0. The van der Waals surface area contributed by atoms with E-state index in [0.717, 1.165) is 18.4 Å². The number of carbonyl (C=O) groups is 1. The molecule has 5 heteroatoms. The van der Waals surface area contributed by atoms with E-state index >= 15 is 0 Å². The summed E-state index contributed by atoms with van der Waals surface area (Å²) in [6.07, 6.45) is 1.56. The predicted molar refractivity (Wildman–Crippen MR) is 89.5 cm³/mol. The lowest BCUT2D eigenvalue weighted by molar-refractivity contribution is -0.131. The predicted octanol–water partition coefficient (Wildman–Crippen LogP) is 2.90. The summed E-state index contributed by atoms with van der Waals surface area (Å²) in [6, 6.07) is 13.4. The van der Waals surface area contributed by atoms with E-state index in [2.05, 4.69) is 12.1 Å². The van der Waals surface area contributed by atoms with Crippen LogP contribution in [-0.4, -0.2) is 29.9 Å². The molecule has 1 saturated carbocycles. The smallest absolute Gasteiger partial charge is 0.226 e. The molecule has 2 aromatic rings. The molecule has 3 nitrogen and oxygen atoms in total. The molecule has 0 radical (unpaired) electrons. The molecule has 2 N–H and O–H groups in total. The van der Waals surface area contributed by atoms with Crippen LogP contribution >= 0.6 is 0 Å². The van der Waals surface area contributed by atoms with Gasteiger partial charge in [-0.2, -0.15) is 4.39 Å². The molecule has 3 atom stereocenters. The van der Waals surface area contributed by atoms with E-state index in [1.807, 2.05) is 17.0 Å². The number of likely N-dealkylation sites (tertiary alicyclic amines) is 1. The lowest BCUT2D eigenvalue weighted by Crippen LogP contribution is -2.33. The maximum atomic E-state index is 14.2. The number of amides is 1. The number of hydrogen-bond donors (Lipinski definition) is 1. The zero-order valence-corrected chi connectivity index (χ0v) is 13.6. The van der Waals surface area contributed by atoms with E-state index in [1.165, 1.54) is 6.07 Å². The molecule has 0 aromatic heterocycles. The fourth-order valence-electron chi connectivity index (χ4n) is 3.70. The summed E-state index contributed by atoms with van der Waals surface area (Å²) in [5.41, 5.74) is 7.53. The van der Waals surface area contributed by atoms with E-state index in [-0.39, 0.29) is 29.3 Å². The molecule has 4 rings (SSSR count). The number of carbonyl (C=O) groups excluding carboxylic acids is 1. The molecule has 1 aliphatic heterocycles. The van der Waals surface area contributed by atoms with E-state index < -0.39 is 11.6 Å². The van der Waals surface area contributed by atoms with Gasteiger partial charge in [-0.1, -0.05) is 30.3 Å². The number of nitrogens with two attached hydrogens (primary N) is 1. The van der Waals surface area contributed by atoms with Crippen LogP contribution in [0, 0.1) is 29.7 Å². The molecule has 3 unspecified atom stereocenters. The summed E-state index contributed by atoms with van der Waals surface area (Å²) in [4.78, 5) is 14.5. The SMILES string of the molecule is NC1CCN(C(=O)C2CC2c2ccccc2-c2cc#cc(F)c2F)C1. The monoisotopic (exact) mass is 340 g/mol. The highest BCUT2D eigenvalue weighted by Crippen LogP contribution is 2.51. The zero-order chi connectivity index (χ0) is 17.6. The number of rotatable bonds is 3. The first-order valence-corrected chi connectivity index (χ1v) is 8.47. The van der Waals surface area contributed by atoms with Gasteiger partial charge < -0.3 is 10.6 Å². The highest BCUT2D eigenvalue weighted by molar-refractivity contribution is 5.84. The van der Waals surface area contributed by atoms with Crippen LogP contribution in [0.4, 0.5) is 8.78 Å². The maximum Gasteiger partial charge on any atom is 0.226 e. The van der Waals surface area contributed by atoms with Crippen molar-refractivity contribution < 1.29 is 13.6 Å². The lowest BCUT2D eigenvalue weighted by atomic mass is 9.95. The molecule has 0 bridgehead atoms. The van der Waals surface area contributed by atoms with Crippen LogP contribution in [0.15, 0.2) is 30.3 Å². The maximum absolute atomic E-state index is 14.2. The van der Waals surface area contributed by atoms with Crippen molar-refractivity contribution >= 4 is 5.91 Å². The van der Waals surface area contributed by atoms with Gasteiger partial charge in [0.25, 0.3) is 0 Å². The molecule has 1 aliphatic carbocycles. The Bertz CT molecular complexity index is 823. The first-order chi connectivity index (χ1) is 12.1. The van der Waals surface area contributed by atoms with Gasteiger partial charge in [0.05, 0.1) is 0 Å². The molecule has 2 aliphatic rings. The van der Waals surface area contributed by atoms with E-state index in [1.54, 1.807) is 12.1 Å². The van der Waals surface area contributed by atoms with Gasteiger partial charge >= 0.3 is 0 Å². The average Bonchev–Trinajstić information content (AvgIpc) is 3.30. The van der Waals surface area contributed by atoms with Crippen LogP contribution in [0.25, 0.3) is 11.1 Å². The third-order valence-corrected chi connectivity index (χ3v) is 5.12. The minimum absolute atomic E-state index is 0.0344. The molecule has 2 fully saturated rings. The Morgan fingerprint density at radius 3 is 2.80 bits per heavy atom. The van der Waals surface area contributed by atoms with Gasteiger partial charge in [0.15, 0.2) is 5.82 Å². The Morgan fingerprint density at radius 2 is 2.04 bits per heavy atom. The van der Waals surface area contributed by atoms with Crippen molar-refractivity contribution in [2.75, 3.05) is 13.1 Å². The number of halogens is 2. The second-order valence-electron chi connectivity index (χ2n) is 6.82. The number of hydrogen-bond acceptors (Lipinski definition) is 2. The van der Waals surface area contributed by atoms with Crippen LogP contribution in [0.1, 0.15) is 24.3 Å². The second kappa shape index (κ2) is 6.12. The van der Waals surface area contributed by atoms with Crippen LogP contribution in [-0.2, 0) is 4.79 Å². The lowest BCUT2D eigenvalue weighted by Gasteiger charge is -2.16. The standard InChI is InChI=1S/C20H18F2N2O/c21-18-7-3-6-15(19(18)22)13-4-1-2-5-14(13)16-10-17(16)20(25)24-9-8-12(23)11-24/h1-2,4-6,12,16-17H,8-11,23H2. The molecule has 2 aromatic carbocycles. The fraction of sp³-hybridized carbons (Fsp3) is 0.350. The zero-order valence-electron chi connectivity index (χ0n) is 13.6. The highest BCUT2D eigenvalue weighted by Gasteiger charge is 2.47. The quantitative estimate of drug-likeness (QED) is 0.934. The molecule has 128 valence electrons. The Kier molecular flexibility index (Phi) is 3.93. The van der Waals surface area contributed by atoms with Crippen LogP contribution < -0.4 is 5.73 Å². The topological polar surface area (TPSA) is 46.3 Å². The highest BCUT2D eigenvalue weighted by atomic mass is 19.2. The minimum atomic E-state index is -1.04. The third-order valence-electron chi connectivity index (χ3n) is 5.12. The Labute approximate surface area is 145 Å². The summed E-state index contributed by atoms with van der Waals surface area (Å²) in [5, 5.41) is 0. The minimum Gasteiger partial charge on any atom is -0.341 e. The van der Waals surface area contributed by atoms with E-state index in [0.29, 0.717) is 18.7 Å². The van der Waals surface area contributed by atoms with Crippen molar-refractivity contribution in [3.63, 3.8) is 0 Å². The van der Waals surface area contributed by atoms with Gasteiger partial charge in [0.1, 0.15) is 0 Å². The van der Waals surface area contributed by atoms with Crippen molar-refractivity contribution in [1.82, 2.24) is 4.90 Å². The van der Waals surface area contributed by atoms with Crippen molar-refractivity contribution in [1.29, 1.82) is 0 Å². The van der Waals surface area contributed by atoms with Gasteiger partial charge in [-0.3, -0.25) is 4.79 Å². The summed E-state index contributed by atoms with van der Waals surface area (Å²) < 4.78 is 27.7. The Balaban J connectivity index is 1.61. The average molecular weight is 340 g/mol. The molecule has 1 heterocycles. The Morgan fingerprint density at radius 1 is 1.24 bits per heavy atom. The summed E-state index contributed by atoms with van der Waals surface area (Å²) >= 11 is 0. The van der Waals surface area contributed by atoms with Gasteiger partial charge in [-0.25, -0.2) is 4.39 Å². The van der Waals surface area contributed by atoms with Gasteiger partial charge in [-0.05, 0) is 42.0 Å². The fourth-order valence-corrected chi connectivity index (χ4v) is 3.70. The first kappa shape index (κ1) is 16.0. The molecular formula is C20H18F2N2O. The molecule has 0 spiro atoms. The van der Waals surface area contributed by atoms with Gasteiger partial charge in [0.2, 0.25) is 11.7 Å². The van der Waals surface area contributed by atoms with Crippen molar-refractivity contribution in [3.8, 4) is 11.1 Å². The van der Waals surface area contributed by atoms with Crippen LogP contribution in [0.3, 0.4) is 0 Å². The van der Waals surface area contributed by atoms with E-state index in [4.69, 9.17) is 5.73 Å². The van der Waals surface area contributed by atoms with Crippen molar-refractivity contribution in [2.45, 2.75) is 24.8 Å². The van der Waals surface area contributed by atoms with E-state index in [9.17, 15) is 13.6 Å². The molecule has 1 saturated heterocycles. The Hall–Kier alpha value is -2.45. The third kappa shape index (κ3) is 2.87. The second-order valence-corrected chi connectivity index (χ2v) is 6.82. The number of nitrogens with zero attached hydrogens (tertiary/aromatic N) is 1. The number of benzene rings is 1. The van der Waals surface area contributed by atoms with Crippen LogP contribution in [0.5, 0.6) is 0 Å². The first-order valence-electron chi connectivity index (χ1n) is 8.47. The molecular weight excluding hydrogens is 322 g/mol. The summed E-state index contributed by atoms with van der Waals surface area (Å²) in [6.45, 7) is 1.31.